The van der Waals surface area contributed by atoms with Gasteiger partial charge in [0.25, 0.3) is 0 Å². The van der Waals surface area contributed by atoms with Gasteiger partial charge in [-0.15, -0.1) is 0 Å². The molecule has 0 radical (unpaired) electrons. The van der Waals surface area contributed by atoms with Crippen LogP contribution in [0, 0.1) is 5.82 Å². The van der Waals surface area contributed by atoms with E-state index in [4.69, 9.17) is 9.15 Å². The highest BCUT2D eigenvalue weighted by Gasteiger charge is 2.12. The van der Waals surface area contributed by atoms with Crippen LogP contribution >= 0.6 is 0 Å². The zero-order valence-electron chi connectivity index (χ0n) is 16.0. The molecule has 2 aromatic carbocycles. The summed E-state index contributed by atoms with van der Waals surface area (Å²) < 4.78 is 24.4. The molecule has 0 aliphatic heterocycles. The van der Waals surface area contributed by atoms with Crippen LogP contribution < -0.4 is 5.32 Å². The van der Waals surface area contributed by atoms with Crippen molar-refractivity contribution in [2.45, 2.75) is 26.2 Å². The molecular weight excluding hydrogens is 375 g/mol. The average molecular weight is 396 g/mol. The number of nitrogens with one attached hydrogen (secondary N) is 1. The largest absolute Gasteiger partial charge is 0.462 e. The molecule has 1 amide bonds. The van der Waals surface area contributed by atoms with E-state index in [1.54, 1.807) is 42.5 Å². The van der Waals surface area contributed by atoms with E-state index < -0.39 is 5.82 Å². The molecule has 0 fully saturated rings. The maximum absolute atomic E-state index is 13.8. The number of aromatic nitrogens is 1. The van der Waals surface area contributed by atoms with Gasteiger partial charge < -0.3 is 14.5 Å². The van der Waals surface area contributed by atoms with Gasteiger partial charge in [-0.3, -0.25) is 4.79 Å². The van der Waals surface area contributed by atoms with Crippen LogP contribution in [0.3, 0.4) is 0 Å². The minimum Gasteiger partial charge on any atom is -0.462 e. The first-order valence-electron chi connectivity index (χ1n) is 9.33. The fourth-order valence-electron chi connectivity index (χ4n) is 2.62. The van der Waals surface area contributed by atoms with Crippen molar-refractivity contribution in [2.75, 3.05) is 11.9 Å². The number of carbonyl (C=O) groups is 2. The van der Waals surface area contributed by atoms with E-state index in [9.17, 15) is 14.0 Å². The molecule has 0 aliphatic rings. The number of oxazole rings is 1. The topological polar surface area (TPSA) is 81.4 Å². The fraction of sp³-hybridized carbons (Fsp3) is 0.227. The highest BCUT2D eigenvalue weighted by molar-refractivity contribution is 5.93. The lowest BCUT2D eigenvalue weighted by molar-refractivity contribution is -0.116. The van der Waals surface area contributed by atoms with Crippen LogP contribution in [0.5, 0.6) is 0 Å². The Labute approximate surface area is 167 Å². The van der Waals surface area contributed by atoms with Crippen LogP contribution in [-0.4, -0.2) is 23.5 Å². The zero-order valence-corrected chi connectivity index (χ0v) is 16.0. The monoisotopic (exact) mass is 396 g/mol. The second-order valence-electron chi connectivity index (χ2n) is 6.36. The molecule has 0 saturated carbocycles. The highest BCUT2D eigenvalue weighted by Crippen LogP contribution is 2.23. The molecule has 1 N–H and O–H groups in total. The van der Waals surface area contributed by atoms with Crippen LogP contribution in [0.2, 0.25) is 0 Å². The third-order valence-corrected chi connectivity index (χ3v) is 4.10. The van der Waals surface area contributed by atoms with E-state index >= 15 is 0 Å². The Bertz CT molecular complexity index is 982. The summed E-state index contributed by atoms with van der Waals surface area (Å²) in [6, 6.07) is 12.7. The van der Waals surface area contributed by atoms with Gasteiger partial charge in [0.05, 0.1) is 23.9 Å². The molecule has 1 heterocycles. The maximum Gasteiger partial charge on any atom is 0.338 e. The Balaban J connectivity index is 1.51. The molecule has 0 aliphatic carbocycles. The van der Waals surface area contributed by atoms with Gasteiger partial charge in [0.1, 0.15) is 5.82 Å². The van der Waals surface area contributed by atoms with E-state index in [2.05, 4.69) is 10.3 Å². The second kappa shape index (κ2) is 9.64. The maximum atomic E-state index is 13.8. The summed E-state index contributed by atoms with van der Waals surface area (Å²) in [5.74, 6) is -0.331. The lowest BCUT2D eigenvalue weighted by atomic mass is 10.2. The van der Waals surface area contributed by atoms with Crippen LogP contribution in [0.4, 0.5) is 10.1 Å². The van der Waals surface area contributed by atoms with Crippen molar-refractivity contribution in [2.24, 2.45) is 0 Å². The molecule has 150 valence electrons. The minimum atomic E-state index is -0.394. The molecule has 3 rings (SSSR count). The summed E-state index contributed by atoms with van der Waals surface area (Å²) >= 11 is 0. The summed E-state index contributed by atoms with van der Waals surface area (Å²) in [6.07, 6.45) is 2.63. The summed E-state index contributed by atoms with van der Waals surface area (Å²) in [5.41, 5.74) is 1.33. The number of aryl methyl sites for hydroxylation is 1. The van der Waals surface area contributed by atoms with Crippen LogP contribution in [0.15, 0.2) is 59.1 Å². The smallest absolute Gasteiger partial charge is 0.338 e. The summed E-state index contributed by atoms with van der Waals surface area (Å²) in [5, 5.41) is 2.75. The number of rotatable bonds is 8. The molecule has 0 bridgehead atoms. The first-order valence-corrected chi connectivity index (χ1v) is 9.33. The molecular formula is C22H21FN2O4. The highest BCUT2D eigenvalue weighted by atomic mass is 19.1. The molecule has 0 saturated heterocycles. The van der Waals surface area contributed by atoms with Gasteiger partial charge >= 0.3 is 5.97 Å². The van der Waals surface area contributed by atoms with Crippen LogP contribution in [0.1, 0.15) is 36.0 Å². The van der Waals surface area contributed by atoms with Crippen molar-refractivity contribution in [3.63, 3.8) is 0 Å². The van der Waals surface area contributed by atoms with Crippen molar-refractivity contribution in [3.8, 4) is 11.3 Å². The SMILES string of the molecule is CCCOC(=O)c1ccc(NC(=O)CCc2ncc(-c3ccccc3F)o2)cc1. The molecule has 0 atom stereocenters. The summed E-state index contributed by atoms with van der Waals surface area (Å²) in [6.45, 7) is 2.29. The Kier molecular flexibility index (Phi) is 6.73. The number of halogens is 1. The normalized spacial score (nSPS) is 10.6. The number of esters is 1. The molecule has 3 aromatic rings. The third-order valence-electron chi connectivity index (χ3n) is 4.10. The molecule has 1 aromatic heterocycles. The number of anilines is 1. The predicted octanol–water partition coefficient (Wildman–Crippen LogP) is 4.62. The quantitative estimate of drug-likeness (QED) is 0.562. The standard InChI is InChI=1S/C22H21FN2O4/c1-2-13-28-22(27)15-7-9-16(10-8-15)25-20(26)11-12-21-24-14-19(29-21)17-5-3-4-6-18(17)23/h3-10,14H,2,11-13H2,1H3,(H,25,26). The van der Waals surface area contributed by atoms with Crippen LogP contribution in [-0.2, 0) is 16.0 Å². The Morgan fingerprint density at radius 1 is 1.14 bits per heavy atom. The first kappa shape index (κ1) is 20.3. The average Bonchev–Trinajstić information content (AvgIpc) is 3.20. The summed E-state index contributed by atoms with van der Waals surface area (Å²) in [4.78, 5) is 28.0. The third kappa shape index (κ3) is 5.51. The summed E-state index contributed by atoms with van der Waals surface area (Å²) in [7, 11) is 0. The van der Waals surface area contributed by atoms with Gasteiger partial charge in [-0.2, -0.15) is 0 Å². The molecule has 7 heteroatoms. The number of amides is 1. The Morgan fingerprint density at radius 2 is 1.90 bits per heavy atom. The second-order valence-corrected chi connectivity index (χ2v) is 6.36. The van der Waals surface area contributed by atoms with Gasteiger partial charge in [0.2, 0.25) is 5.91 Å². The first-order chi connectivity index (χ1) is 14.1. The number of carbonyl (C=O) groups excluding carboxylic acids is 2. The Hall–Kier alpha value is -3.48. The van der Waals surface area contributed by atoms with E-state index in [1.165, 1.54) is 12.3 Å². The van der Waals surface area contributed by atoms with Crippen molar-refractivity contribution in [1.29, 1.82) is 0 Å². The molecule has 0 spiro atoms. The van der Waals surface area contributed by atoms with E-state index in [1.807, 2.05) is 6.92 Å². The zero-order chi connectivity index (χ0) is 20.6. The number of nitrogens with zero attached hydrogens (tertiary/aromatic N) is 1. The van der Waals surface area contributed by atoms with Crippen molar-refractivity contribution >= 4 is 17.6 Å². The van der Waals surface area contributed by atoms with Gasteiger partial charge in [-0.25, -0.2) is 14.2 Å². The van der Waals surface area contributed by atoms with Gasteiger partial charge in [-0.05, 0) is 42.8 Å². The van der Waals surface area contributed by atoms with Crippen LogP contribution in [0.25, 0.3) is 11.3 Å². The van der Waals surface area contributed by atoms with E-state index in [0.29, 0.717) is 35.1 Å². The Morgan fingerprint density at radius 3 is 2.62 bits per heavy atom. The number of ether oxygens (including phenoxy) is 1. The molecule has 0 unspecified atom stereocenters. The van der Waals surface area contributed by atoms with Gasteiger partial charge in [0.15, 0.2) is 11.7 Å². The fourth-order valence-corrected chi connectivity index (χ4v) is 2.62. The molecule has 29 heavy (non-hydrogen) atoms. The number of hydrogen-bond acceptors (Lipinski definition) is 5. The van der Waals surface area contributed by atoms with E-state index in [0.717, 1.165) is 6.42 Å². The van der Waals surface area contributed by atoms with Crippen molar-refractivity contribution < 1.29 is 23.1 Å². The van der Waals surface area contributed by atoms with Gasteiger partial charge in [0, 0.05) is 18.5 Å². The lowest BCUT2D eigenvalue weighted by Crippen LogP contribution is -2.12. The van der Waals surface area contributed by atoms with E-state index in [-0.39, 0.29) is 24.7 Å². The van der Waals surface area contributed by atoms with Crippen molar-refractivity contribution in [3.05, 3.63) is 72.0 Å². The number of hydrogen-bond donors (Lipinski definition) is 1. The lowest BCUT2D eigenvalue weighted by Gasteiger charge is -2.06. The van der Waals surface area contributed by atoms with Crippen molar-refractivity contribution in [1.82, 2.24) is 4.98 Å². The minimum absolute atomic E-state index is 0.150. The predicted molar refractivity (Wildman–Crippen MR) is 106 cm³/mol. The molecule has 6 nitrogen and oxygen atoms in total. The number of benzene rings is 2. The van der Waals surface area contributed by atoms with Gasteiger partial charge in [-0.1, -0.05) is 19.1 Å².